The maximum Gasteiger partial charge on any atom is 0.236 e. The third-order valence-corrected chi connectivity index (χ3v) is 3.43. The minimum absolute atomic E-state index is 0.247. The van der Waals surface area contributed by atoms with Crippen molar-refractivity contribution in [2.24, 2.45) is 5.92 Å². The molecule has 0 heterocycles. The maximum absolute atomic E-state index is 11.7. The number of hydrogen-bond donors (Lipinski definition) is 1. The van der Waals surface area contributed by atoms with E-state index in [1.165, 1.54) is 25.7 Å². The van der Waals surface area contributed by atoms with Gasteiger partial charge >= 0.3 is 0 Å². The highest BCUT2D eigenvalue weighted by molar-refractivity contribution is 5.78. The lowest BCUT2D eigenvalue weighted by atomic mass is 10.2. The molecule has 0 aromatic rings. The Morgan fingerprint density at radius 1 is 1.43 bits per heavy atom. The van der Waals surface area contributed by atoms with Crippen molar-refractivity contribution < 1.29 is 4.79 Å². The van der Waals surface area contributed by atoms with Crippen LogP contribution in [-0.4, -0.2) is 36.5 Å². The van der Waals surface area contributed by atoms with E-state index in [4.69, 9.17) is 0 Å². The summed E-state index contributed by atoms with van der Waals surface area (Å²) in [5.74, 6) is 1.01. The number of carbonyl (C=O) groups is 1. The standard InChI is InChI=1S/C11H20N2O/c1-8(9-3-4-9)13(2)11(14)7-12-10-5-6-10/h8-10,12H,3-7H2,1-2H3. The zero-order valence-electron chi connectivity index (χ0n) is 9.12. The zero-order chi connectivity index (χ0) is 10.1. The van der Waals surface area contributed by atoms with Crippen LogP contribution in [0.15, 0.2) is 0 Å². The van der Waals surface area contributed by atoms with Crippen LogP contribution in [0.3, 0.4) is 0 Å². The Hall–Kier alpha value is -0.570. The molecule has 0 spiro atoms. The molecule has 14 heavy (non-hydrogen) atoms. The quantitative estimate of drug-likeness (QED) is 0.711. The van der Waals surface area contributed by atoms with Crippen molar-refractivity contribution in [1.82, 2.24) is 10.2 Å². The van der Waals surface area contributed by atoms with Crippen molar-refractivity contribution in [1.29, 1.82) is 0 Å². The van der Waals surface area contributed by atoms with E-state index in [1.807, 2.05) is 11.9 Å². The summed E-state index contributed by atoms with van der Waals surface area (Å²) in [6, 6.07) is 1.06. The average molecular weight is 196 g/mol. The van der Waals surface area contributed by atoms with Gasteiger partial charge in [-0.3, -0.25) is 4.79 Å². The van der Waals surface area contributed by atoms with Gasteiger partial charge in [-0.2, -0.15) is 0 Å². The summed E-state index contributed by atoms with van der Waals surface area (Å²) in [4.78, 5) is 13.6. The summed E-state index contributed by atoms with van der Waals surface area (Å²) in [5, 5.41) is 3.26. The van der Waals surface area contributed by atoms with Crippen LogP contribution >= 0.6 is 0 Å². The lowest BCUT2D eigenvalue weighted by Gasteiger charge is -2.25. The van der Waals surface area contributed by atoms with E-state index in [9.17, 15) is 4.79 Å². The molecular formula is C11H20N2O. The number of nitrogens with one attached hydrogen (secondary N) is 1. The third kappa shape index (κ3) is 2.47. The van der Waals surface area contributed by atoms with Crippen LogP contribution < -0.4 is 5.32 Å². The molecule has 0 bridgehead atoms. The first-order valence-electron chi connectivity index (χ1n) is 5.67. The fourth-order valence-corrected chi connectivity index (χ4v) is 1.77. The number of nitrogens with zero attached hydrogens (tertiary/aromatic N) is 1. The molecular weight excluding hydrogens is 176 g/mol. The lowest BCUT2D eigenvalue weighted by molar-refractivity contribution is -0.131. The predicted octanol–water partition coefficient (Wildman–Crippen LogP) is 0.995. The maximum atomic E-state index is 11.7. The van der Waals surface area contributed by atoms with Crippen molar-refractivity contribution in [3.8, 4) is 0 Å². The van der Waals surface area contributed by atoms with Gasteiger partial charge in [0, 0.05) is 19.1 Å². The van der Waals surface area contributed by atoms with Gasteiger partial charge < -0.3 is 10.2 Å². The minimum Gasteiger partial charge on any atom is -0.342 e. The Labute approximate surface area is 85.8 Å². The number of hydrogen-bond acceptors (Lipinski definition) is 2. The molecule has 0 radical (unpaired) electrons. The molecule has 0 aliphatic heterocycles. The number of amides is 1. The molecule has 1 amide bonds. The van der Waals surface area contributed by atoms with Gasteiger partial charge in [0.1, 0.15) is 0 Å². The minimum atomic E-state index is 0.247. The first kappa shape index (κ1) is 9.97. The largest absolute Gasteiger partial charge is 0.342 e. The van der Waals surface area contributed by atoms with Crippen molar-refractivity contribution in [2.75, 3.05) is 13.6 Å². The SMILES string of the molecule is CC(C1CC1)N(C)C(=O)CNC1CC1. The normalized spacial score (nSPS) is 23.3. The highest BCUT2D eigenvalue weighted by Gasteiger charge is 2.32. The number of rotatable bonds is 5. The van der Waals surface area contributed by atoms with E-state index >= 15 is 0 Å². The Bertz CT molecular complexity index is 221. The third-order valence-electron chi connectivity index (χ3n) is 3.43. The smallest absolute Gasteiger partial charge is 0.236 e. The van der Waals surface area contributed by atoms with Crippen LogP contribution in [0.2, 0.25) is 0 Å². The molecule has 1 unspecified atom stereocenters. The fourth-order valence-electron chi connectivity index (χ4n) is 1.77. The second kappa shape index (κ2) is 3.89. The van der Waals surface area contributed by atoms with Crippen molar-refractivity contribution >= 4 is 5.91 Å². The Morgan fingerprint density at radius 2 is 2.07 bits per heavy atom. The molecule has 2 aliphatic carbocycles. The second-order valence-electron chi connectivity index (χ2n) is 4.74. The Balaban J connectivity index is 1.71. The van der Waals surface area contributed by atoms with E-state index in [0.717, 1.165) is 5.92 Å². The summed E-state index contributed by atoms with van der Waals surface area (Å²) in [5.41, 5.74) is 0. The lowest BCUT2D eigenvalue weighted by Crippen LogP contribution is -2.42. The molecule has 0 aromatic carbocycles. The van der Waals surface area contributed by atoms with Gasteiger partial charge in [0.2, 0.25) is 5.91 Å². The molecule has 2 aliphatic rings. The fraction of sp³-hybridized carbons (Fsp3) is 0.909. The molecule has 0 aromatic heterocycles. The highest BCUT2D eigenvalue weighted by atomic mass is 16.2. The summed E-state index contributed by atoms with van der Waals surface area (Å²) < 4.78 is 0. The highest BCUT2D eigenvalue weighted by Crippen LogP contribution is 2.34. The molecule has 3 heteroatoms. The van der Waals surface area contributed by atoms with Gasteiger partial charge in [-0.15, -0.1) is 0 Å². The predicted molar refractivity (Wildman–Crippen MR) is 56.0 cm³/mol. The van der Waals surface area contributed by atoms with E-state index in [1.54, 1.807) is 0 Å². The molecule has 2 saturated carbocycles. The number of likely N-dealkylation sites (N-methyl/N-ethyl adjacent to an activating group) is 1. The van der Waals surface area contributed by atoms with E-state index in [-0.39, 0.29) is 5.91 Å². The first-order valence-corrected chi connectivity index (χ1v) is 5.67. The molecule has 0 saturated heterocycles. The molecule has 2 fully saturated rings. The van der Waals surface area contributed by atoms with E-state index in [0.29, 0.717) is 18.6 Å². The van der Waals surface area contributed by atoms with Crippen molar-refractivity contribution in [3.63, 3.8) is 0 Å². The zero-order valence-corrected chi connectivity index (χ0v) is 9.12. The van der Waals surface area contributed by atoms with E-state index in [2.05, 4.69) is 12.2 Å². The monoisotopic (exact) mass is 196 g/mol. The average Bonchev–Trinajstić information content (AvgIpc) is 3.04. The van der Waals surface area contributed by atoms with Crippen LogP contribution in [0.5, 0.6) is 0 Å². The number of carbonyl (C=O) groups excluding carboxylic acids is 1. The molecule has 2 rings (SSSR count). The van der Waals surface area contributed by atoms with Crippen molar-refractivity contribution in [2.45, 2.75) is 44.7 Å². The van der Waals surface area contributed by atoms with Gasteiger partial charge in [-0.1, -0.05) is 0 Å². The second-order valence-corrected chi connectivity index (χ2v) is 4.74. The van der Waals surface area contributed by atoms with Crippen LogP contribution in [0.4, 0.5) is 0 Å². The topological polar surface area (TPSA) is 32.3 Å². The van der Waals surface area contributed by atoms with Gasteiger partial charge in [-0.05, 0) is 38.5 Å². The van der Waals surface area contributed by atoms with Gasteiger partial charge in [0.15, 0.2) is 0 Å². The van der Waals surface area contributed by atoms with E-state index < -0.39 is 0 Å². The molecule has 80 valence electrons. The van der Waals surface area contributed by atoms with Crippen LogP contribution in [0.25, 0.3) is 0 Å². The van der Waals surface area contributed by atoms with Gasteiger partial charge in [-0.25, -0.2) is 0 Å². The van der Waals surface area contributed by atoms with Gasteiger partial charge in [0.05, 0.1) is 6.54 Å². The van der Waals surface area contributed by atoms with Crippen LogP contribution in [-0.2, 0) is 4.79 Å². The van der Waals surface area contributed by atoms with Gasteiger partial charge in [0.25, 0.3) is 0 Å². The van der Waals surface area contributed by atoms with Crippen LogP contribution in [0.1, 0.15) is 32.6 Å². The summed E-state index contributed by atoms with van der Waals surface area (Å²) in [7, 11) is 1.93. The Kier molecular flexibility index (Phi) is 2.77. The summed E-state index contributed by atoms with van der Waals surface area (Å²) >= 11 is 0. The summed E-state index contributed by atoms with van der Waals surface area (Å²) in [6.07, 6.45) is 5.09. The first-order chi connectivity index (χ1) is 6.68. The van der Waals surface area contributed by atoms with Crippen molar-refractivity contribution in [3.05, 3.63) is 0 Å². The Morgan fingerprint density at radius 3 is 2.57 bits per heavy atom. The molecule has 1 N–H and O–H groups in total. The molecule has 1 atom stereocenters. The summed E-state index contributed by atoms with van der Waals surface area (Å²) in [6.45, 7) is 2.69. The molecule has 3 nitrogen and oxygen atoms in total. The van der Waals surface area contributed by atoms with Crippen LogP contribution in [0, 0.1) is 5.92 Å².